The first-order valence-corrected chi connectivity index (χ1v) is 11.9. The predicted octanol–water partition coefficient (Wildman–Crippen LogP) is 4.84. The average Bonchev–Trinajstić information content (AvgIpc) is 2.97. The lowest BCUT2D eigenvalue weighted by Gasteiger charge is -2.67. The largest absolute Gasteiger partial charge is 0.508 e. The van der Waals surface area contributed by atoms with Crippen molar-refractivity contribution >= 4 is 6.16 Å². The summed E-state index contributed by atoms with van der Waals surface area (Å²) in [4.78, 5) is 11.7. The molecule has 3 saturated heterocycles. The van der Waals surface area contributed by atoms with Gasteiger partial charge in [-0.15, -0.1) is 0 Å². The highest BCUT2D eigenvalue weighted by atomic mass is 16.7. The first kappa shape index (κ1) is 21.0. The van der Waals surface area contributed by atoms with Crippen molar-refractivity contribution in [1.82, 2.24) is 0 Å². The van der Waals surface area contributed by atoms with Gasteiger partial charge in [-0.3, -0.25) is 0 Å². The number of ether oxygens (including phenoxy) is 5. The minimum Gasteiger partial charge on any atom is -0.434 e. The summed E-state index contributed by atoms with van der Waals surface area (Å²) in [6.07, 6.45) is 6.81. The van der Waals surface area contributed by atoms with Gasteiger partial charge in [-0.2, -0.15) is 0 Å². The Morgan fingerprint density at radius 1 is 0.900 bits per heavy atom. The van der Waals surface area contributed by atoms with Crippen LogP contribution in [0.25, 0.3) is 0 Å². The van der Waals surface area contributed by atoms with Crippen molar-refractivity contribution in [3.8, 4) is 0 Å². The fourth-order valence-corrected chi connectivity index (χ4v) is 7.90. The van der Waals surface area contributed by atoms with Crippen LogP contribution >= 0.6 is 0 Å². The molecule has 30 heavy (non-hydrogen) atoms. The van der Waals surface area contributed by atoms with Gasteiger partial charge < -0.3 is 23.7 Å². The summed E-state index contributed by atoms with van der Waals surface area (Å²) in [5, 5.41) is 0. The molecule has 0 unspecified atom stereocenters. The maximum absolute atomic E-state index is 11.7. The van der Waals surface area contributed by atoms with Crippen LogP contribution in [0.4, 0.5) is 4.79 Å². The van der Waals surface area contributed by atoms with E-state index in [0.717, 1.165) is 38.7 Å². The van der Waals surface area contributed by atoms with E-state index in [0.29, 0.717) is 31.5 Å². The first-order valence-electron chi connectivity index (χ1n) is 11.9. The Labute approximate surface area is 180 Å². The minimum atomic E-state index is -0.565. The van der Waals surface area contributed by atoms with E-state index in [2.05, 4.69) is 20.8 Å². The maximum atomic E-state index is 11.7. The van der Waals surface area contributed by atoms with Gasteiger partial charge in [-0.05, 0) is 64.2 Å². The molecule has 2 aliphatic carbocycles. The SMILES string of the molecule is C[C@@H]1CC[C@H]2[C@]3(C)COC(C)(C)O[C@@H]3CC[C@]2(C)[C@]12CC[C@@]1(CCOC(=O)OC1)O2. The number of hydrogen-bond donors (Lipinski definition) is 0. The van der Waals surface area contributed by atoms with Gasteiger partial charge in [0.05, 0.1) is 24.9 Å². The van der Waals surface area contributed by atoms with Crippen molar-refractivity contribution < 1.29 is 28.5 Å². The van der Waals surface area contributed by atoms with Crippen LogP contribution in [-0.2, 0) is 23.7 Å². The molecule has 5 rings (SSSR count). The summed E-state index contributed by atoms with van der Waals surface area (Å²) in [7, 11) is 0. The molecule has 6 heteroatoms. The Morgan fingerprint density at radius 3 is 2.50 bits per heavy atom. The lowest BCUT2D eigenvalue weighted by Crippen LogP contribution is -2.69. The van der Waals surface area contributed by atoms with E-state index in [9.17, 15) is 4.79 Å². The maximum Gasteiger partial charge on any atom is 0.508 e. The number of carbonyl (C=O) groups excluding carboxylic acids is 1. The lowest BCUT2D eigenvalue weighted by molar-refractivity contribution is -0.359. The van der Waals surface area contributed by atoms with E-state index in [1.54, 1.807) is 0 Å². The van der Waals surface area contributed by atoms with Crippen LogP contribution in [0.15, 0.2) is 0 Å². The Morgan fingerprint density at radius 2 is 1.70 bits per heavy atom. The number of rotatable bonds is 0. The summed E-state index contributed by atoms with van der Waals surface area (Å²) in [5.74, 6) is 0.450. The second kappa shape index (κ2) is 6.58. The molecular formula is C24H38O6. The van der Waals surface area contributed by atoms with Gasteiger partial charge in [0.15, 0.2) is 5.79 Å². The fraction of sp³-hybridized carbons (Fsp3) is 0.958. The second-order valence-corrected chi connectivity index (χ2v) is 11.6. The van der Waals surface area contributed by atoms with Crippen LogP contribution in [0.1, 0.15) is 79.6 Å². The standard InChI is InChI=1S/C24H38O6/c1-16-6-7-17-21(4)14-28-20(2,3)29-18(21)8-9-22(17,5)24(16)11-10-23(30-24)12-13-26-19(25)27-15-23/h16-18H,6-15H2,1-5H3/t16-,17+,18-,21+,22+,23+,24+/m1/s1. The van der Waals surface area contributed by atoms with Crippen molar-refractivity contribution in [2.75, 3.05) is 19.8 Å². The van der Waals surface area contributed by atoms with Crippen molar-refractivity contribution in [2.45, 2.75) is 103 Å². The average molecular weight is 423 g/mol. The summed E-state index contributed by atoms with van der Waals surface area (Å²) >= 11 is 0. The highest BCUT2D eigenvalue weighted by Gasteiger charge is 2.70. The van der Waals surface area contributed by atoms with E-state index in [1.165, 1.54) is 6.42 Å². The first-order chi connectivity index (χ1) is 14.0. The number of cyclic esters (lactones) is 2. The Hall–Kier alpha value is -0.850. The van der Waals surface area contributed by atoms with Gasteiger partial charge in [0.1, 0.15) is 12.2 Å². The second-order valence-electron chi connectivity index (χ2n) is 11.6. The molecule has 0 aromatic heterocycles. The zero-order chi connectivity index (χ0) is 21.4. The normalized spacial score (nSPS) is 52.8. The Kier molecular flexibility index (Phi) is 4.61. The molecule has 0 N–H and O–H groups in total. The number of carbonyl (C=O) groups is 1. The van der Waals surface area contributed by atoms with Crippen molar-refractivity contribution in [1.29, 1.82) is 0 Å². The predicted molar refractivity (Wildman–Crippen MR) is 110 cm³/mol. The highest BCUT2D eigenvalue weighted by Crippen LogP contribution is 2.69. The summed E-state index contributed by atoms with van der Waals surface area (Å²) in [6, 6.07) is 0. The van der Waals surface area contributed by atoms with E-state index < -0.39 is 17.5 Å². The number of hydrogen-bond acceptors (Lipinski definition) is 6. The molecule has 0 aromatic rings. The molecular weight excluding hydrogens is 384 g/mol. The summed E-state index contributed by atoms with van der Waals surface area (Å²) < 4.78 is 30.4. The van der Waals surface area contributed by atoms with Crippen LogP contribution < -0.4 is 0 Å². The van der Waals surface area contributed by atoms with Gasteiger partial charge in [-0.1, -0.05) is 20.8 Å². The van der Waals surface area contributed by atoms with E-state index in [1.807, 2.05) is 13.8 Å². The summed E-state index contributed by atoms with van der Waals surface area (Å²) in [6.45, 7) is 12.7. The van der Waals surface area contributed by atoms with Crippen LogP contribution in [0.3, 0.4) is 0 Å². The lowest BCUT2D eigenvalue weighted by atomic mass is 9.43. The molecule has 5 fully saturated rings. The highest BCUT2D eigenvalue weighted by molar-refractivity contribution is 5.60. The molecule has 170 valence electrons. The molecule has 2 spiro atoms. The molecule has 7 atom stereocenters. The molecule has 0 amide bonds. The van der Waals surface area contributed by atoms with Crippen LogP contribution in [-0.4, -0.2) is 49.1 Å². The molecule has 5 aliphatic rings. The molecule has 6 nitrogen and oxygen atoms in total. The fourth-order valence-electron chi connectivity index (χ4n) is 7.90. The van der Waals surface area contributed by atoms with E-state index in [-0.39, 0.29) is 22.5 Å². The van der Waals surface area contributed by atoms with Gasteiger partial charge in [0.25, 0.3) is 0 Å². The van der Waals surface area contributed by atoms with Crippen molar-refractivity contribution in [3.05, 3.63) is 0 Å². The number of fused-ring (bicyclic) bond motifs is 4. The van der Waals surface area contributed by atoms with Crippen molar-refractivity contribution in [2.24, 2.45) is 22.7 Å². The van der Waals surface area contributed by atoms with Gasteiger partial charge in [0.2, 0.25) is 0 Å². The third-order valence-corrected chi connectivity index (χ3v) is 9.62. The molecule has 2 saturated carbocycles. The van der Waals surface area contributed by atoms with Crippen LogP contribution in [0, 0.1) is 22.7 Å². The third-order valence-electron chi connectivity index (χ3n) is 9.62. The van der Waals surface area contributed by atoms with Gasteiger partial charge in [0, 0.05) is 17.3 Å². The molecule has 0 radical (unpaired) electrons. The smallest absolute Gasteiger partial charge is 0.434 e. The molecule has 0 aromatic carbocycles. The molecule has 0 bridgehead atoms. The monoisotopic (exact) mass is 422 g/mol. The van der Waals surface area contributed by atoms with Gasteiger partial charge >= 0.3 is 6.16 Å². The quantitative estimate of drug-likeness (QED) is 0.521. The van der Waals surface area contributed by atoms with Crippen LogP contribution in [0.5, 0.6) is 0 Å². The minimum absolute atomic E-state index is 0.00615. The summed E-state index contributed by atoms with van der Waals surface area (Å²) in [5.41, 5.74) is -0.573. The molecule has 3 aliphatic heterocycles. The Balaban J connectivity index is 1.48. The topological polar surface area (TPSA) is 63.2 Å². The van der Waals surface area contributed by atoms with Crippen molar-refractivity contribution in [3.63, 3.8) is 0 Å². The van der Waals surface area contributed by atoms with Crippen LogP contribution in [0.2, 0.25) is 0 Å². The zero-order valence-corrected chi connectivity index (χ0v) is 19.3. The van der Waals surface area contributed by atoms with Gasteiger partial charge in [-0.25, -0.2) is 4.79 Å². The van der Waals surface area contributed by atoms with E-state index in [4.69, 9.17) is 23.7 Å². The van der Waals surface area contributed by atoms with E-state index >= 15 is 0 Å². The zero-order valence-electron chi connectivity index (χ0n) is 19.3. The molecule has 3 heterocycles. The Bertz CT molecular complexity index is 722. The third kappa shape index (κ3) is 2.82.